The molecule has 0 saturated carbocycles. The minimum absolute atomic E-state index is 0.00482. The van der Waals surface area contributed by atoms with E-state index in [1.165, 1.54) is 5.56 Å². The van der Waals surface area contributed by atoms with Crippen molar-refractivity contribution >= 4 is 0 Å². The summed E-state index contributed by atoms with van der Waals surface area (Å²) in [4.78, 5) is 2.11. The van der Waals surface area contributed by atoms with Gasteiger partial charge in [-0.3, -0.25) is 4.90 Å². The molecule has 0 radical (unpaired) electrons. The van der Waals surface area contributed by atoms with Crippen molar-refractivity contribution in [1.29, 1.82) is 0 Å². The van der Waals surface area contributed by atoms with Crippen LogP contribution in [0.3, 0.4) is 0 Å². The van der Waals surface area contributed by atoms with Crippen molar-refractivity contribution in [2.24, 2.45) is 5.73 Å². The van der Waals surface area contributed by atoms with E-state index >= 15 is 0 Å². The van der Waals surface area contributed by atoms with Crippen molar-refractivity contribution in [3.05, 3.63) is 35.9 Å². The van der Waals surface area contributed by atoms with Gasteiger partial charge in [-0.1, -0.05) is 30.3 Å². The first kappa shape index (κ1) is 9.65. The van der Waals surface area contributed by atoms with Crippen molar-refractivity contribution < 1.29 is 5.11 Å². The maximum absolute atomic E-state index is 9.43. The molecule has 1 aromatic carbocycles. The van der Waals surface area contributed by atoms with Gasteiger partial charge in [0.2, 0.25) is 0 Å². The Kier molecular flexibility index (Phi) is 2.82. The van der Waals surface area contributed by atoms with Crippen molar-refractivity contribution in [3.63, 3.8) is 0 Å². The van der Waals surface area contributed by atoms with Crippen molar-refractivity contribution in [2.45, 2.75) is 25.2 Å². The Balaban J connectivity index is 1.98. The molecule has 2 rings (SSSR count). The van der Waals surface area contributed by atoms with Gasteiger partial charge >= 0.3 is 0 Å². The Morgan fingerprint density at radius 1 is 1.36 bits per heavy atom. The SMILES string of the molecule is NC1CC(O)CN1Cc1ccccc1. The molecule has 0 aliphatic carbocycles. The topological polar surface area (TPSA) is 49.5 Å². The molecule has 0 bridgehead atoms. The Bertz CT molecular complexity index is 289. The van der Waals surface area contributed by atoms with Crippen LogP contribution in [-0.2, 0) is 6.54 Å². The molecule has 0 spiro atoms. The first-order valence-electron chi connectivity index (χ1n) is 4.97. The molecule has 2 atom stereocenters. The normalized spacial score (nSPS) is 28.1. The maximum Gasteiger partial charge on any atom is 0.0695 e. The molecular weight excluding hydrogens is 176 g/mol. The van der Waals surface area contributed by atoms with E-state index in [-0.39, 0.29) is 12.3 Å². The number of nitrogens with two attached hydrogens (primary N) is 1. The number of rotatable bonds is 2. The molecule has 1 saturated heterocycles. The van der Waals surface area contributed by atoms with Crippen molar-refractivity contribution in [3.8, 4) is 0 Å². The zero-order valence-electron chi connectivity index (χ0n) is 8.13. The summed E-state index contributed by atoms with van der Waals surface area (Å²) in [6.07, 6.45) is 0.436. The van der Waals surface area contributed by atoms with E-state index in [4.69, 9.17) is 5.73 Å². The predicted octanol–water partition coefficient (Wildman–Crippen LogP) is 0.538. The van der Waals surface area contributed by atoms with E-state index in [0.717, 1.165) is 6.54 Å². The van der Waals surface area contributed by atoms with Crippen LogP contribution in [0.4, 0.5) is 0 Å². The quantitative estimate of drug-likeness (QED) is 0.719. The van der Waals surface area contributed by atoms with E-state index in [9.17, 15) is 5.11 Å². The van der Waals surface area contributed by atoms with Crippen LogP contribution in [0, 0.1) is 0 Å². The molecule has 1 aliphatic heterocycles. The largest absolute Gasteiger partial charge is 0.392 e. The number of β-amino-alcohol motifs (C(OH)–C–C–N with tert-alkyl or cyclic N) is 1. The van der Waals surface area contributed by atoms with Gasteiger partial charge in [-0.15, -0.1) is 0 Å². The summed E-state index contributed by atoms with van der Waals surface area (Å²) in [6.45, 7) is 1.52. The van der Waals surface area contributed by atoms with Crippen LogP contribution in [0.15, 0.2) is 30.3 Å². The lowest BCUT2D eigenvalue weighted by Crippen LogP contribution is -2.35. The molecule has 3 N–H and O–H groups in total. The molecule has 1 aromatic rings. The van der Waals surface area contributed by atoms with Gasteiger partial charge in [0.15, 0.2) is 0 Å². The average molecular weight is 192 g/mol. The number of likely N-dealkylation sites (tertiary alicyclic amines) is 1. The zero-order valence-corrected chi connectivity index (χ0v) is 8.13. The molecule has 1 fully saturated rings. The monoisotopic (exact) mass is 192 g/mol. The fraction of sp³-hybridized carbons (Fsp3) is 0.455. The van der Waals surface area contributed by atoms with Crippen molar-refractivity contribution in [2.75, 3.05) is 6.54 Å². The summed E-state index contributed by atoms with van der Waals surface area (Å²) in [5, 5.41) is 9.43. The van der Waals surface area contributed by atoms with Gasteiger partial charge < -0.3 is 10.8 Å². The Morgan fingerprint density at radius 2 is 2.07 bits per heavy atom. The standard InChI is InChI=1S/C11H16N2O/c12-11-6-10(14)8-13(11)7-9-4-2-1-3-5-9/h1-5,10-11,14H,6-8,12H2. The summed E-state index contributed by atoms with van der Waals surface area (Å²) in [5.41, 5.74) is 7.13. The highest BCUT2D eigenvalue weighted by Gasteiger charge is 2.27. The Labute approximate surface area is 84.1 Å². The fourth-order valence-electron chi connectivity index (χ4n) is 1.91. The molecule has 14 heavy (non-hydrogen) atoms. The van der Waals surface area contributed by atoms with Gasteiger partial charge in [-0.2, -0.15) is 0 Å². The van der Waals surface area contributed by atoms with Crippen molar-refractivity contribution in [1.82, 2.24) is 4.90 Å². The van der Waals surface area contributed by atoms with E-state index in [2.05, 4.69) is 17.0 Å². The van der Waals surface area contributed by atoms with E-state index in [0.29, 0.717) is 13.0 Å². The minimum Gasteiger partial charge on any atom is -0.392 e. The van der Waals surface area contributed by atoms with Gasteiger partial charge in [-0.05, 0) is 5.56 Å². The zero-order chi connectivity index (χ0) is 9.97. The van der Waals surface area contributed by atoms with Gasteiger partial charge in [0.05, 0.1) is 12.3 Å². The summed E-state index contributed by atoms with van der Waals surface area (Å²) in [6, 6.07) is 10.2. The van der Waals surface area contributed by atoms with E-state index < -0.39 is 0 Å². The van der Waals surface area contributed by atoms with E-state index in [1.807, 2.05) is 18.2 Å². The molecule has 1 aliphatic rings. The second kappa shape index (κ2) is 4.09. The van der Waals surface area contributed by atoms with Crippen LogP contribution in [0.2, 0.25) is 0 Å². The van der Waals surface area contributed by atoms with Crippen LogP contribution >= 0.6 is 0 Å². The van der Waals surface area contributed by atoms with Crippen LogP contribution in [0.5, 0.6) is 0 Å². The number of nitrogens with zero attached hydrogens (tertiary/aromatic N) is 1. The molecular formula is C11H16N2O. The maximum atomic E-state index is 9.43. The minimum atomic E-state index is -0.256. The smallest absolute Gasteiger partial charge is 0.0695 e. The number of hydrogen-bond donors (Lipinski definition) is 2. The number of benzene rings is 1. The summed E-state index contributed by atoms with van der Waals surface area (Å²) < 4.78 is 0. The van der Waals surface area contributed by atoms with Gasteiger partial charge in [0.25, 0.3) is 0 Å². The molecule has 0 amide bonds. The second-order valence-corrected chi connectivity index (χ2v) is 3.87. The lowest BCUT2D eigenvalue weighted by molar-refractivity contribution is 0.173. The highest BCUT2D eigenvalue weighted by atomic mass is 16.3. The molecule has 2 unspecified atom stereocenters. The fourth-order valence-corrected chi connectivity index (χ4v) is 1.91. The summed E-state index contributed by atoms with van der Waals surface area (Å²) in [7, 11) is 0. The molecule has 76 valence electrons. The van der Waals surface area contributed by atoms with Crippen LogP contribution in [0.1, 0.15) is 12.0 Å². The third-order valence-corrected chi connectivity index (χ3v) is 2.66. The molecule has 1 heterocycles. The first-order chi connectivity index (χ1) is 6.75. The summed E-state index contributed by atoms with van der Waals surface area (Å²) in [5.74, 6) is 0. The number of hydrogen-bond acceptors (Lipinski definition) is 3. The van der Waals surface area contributed by atoms with Gasteiger partial charge in [0.1, 0.15) is 0 Å². The Morgan fingerprint density at radius 3 is 2.64 bits per heavy atom. The molecule has 3 nitrogen and oxygen atoms in total. The molecule has 0 aromatic heterocycles. The number of aliphatic hydroxyl groups excluding tert-OH is 1. The van der Waals surface area contributed by atoms with Crippen LogP contribution < -0.4 is 5.73 Å². The lowest BCUT2D eigenvalue weighted by atomic mass is 10.2. The third kappa shape index (κ3) is 2.12. The van der Waals surface area contributed by atoms with Crippen LogP contribution in [0.25, 0.3) is 0 Å². The predicted molar refractivity (Wildman–Crippen MR) is 55.5 cm³/mol. The number of aliphatic hydroxyl groups is 1. The molecule has 3 heteroatoms. The second-order valence-electron chi connectivity index (χ2n) is 3.87. The highest BCUT2D eigenvalue weighted by Crippen LogP contribution is 2.16. The third-order valence-electron chi connectivity index (χ3n) is 2.66. The van der Waals surface area contributed by atoms with Gasteiger partial charge in [0, 0.05) is 19.5 Å². The van der Waals surface area contributed by atoms with E-state index in [1.54, 1.807) is 0 Å². The van der Waals surface area contributed by atoms with Gasteiger partial charge in [-0.25, -0.2) is 0 Å². The Hall–Kier alpha value is -0.900. The average Bonchev–Trinajstić information content (AvgIpc) is 2.47. The first-order valence-corrected chi connectivity index (χ1v) is 4.97. The highest BCUT2D eigenvalue weighted by molar-refractivity contribution is 5.14. The van der Waals surface area contributed by atoms with Crippen LogP contribution in [-0.4, -0.2) is 28.8 Å². The lowest BCUT2D eigenvalue weighted by Gasteiger charge is -2.20. The summed E-state index contributed by atoms with van der Waals surface area (Å²) >= 11 is 0.